The average molecular weight is 638 g/mol. The number of nitrogens with zero attached hydrogens (tertiary/aromatic N) is 6. The van der Waals surface area contributed by atoms with E-state index in [2.05, 4.69) is 28.0 Å². The number of hydrogen-bond acceptors (Lipinski definition) is 11. The molecule has 250 valence electrons. The number of carbonyl (C=O) groups excluding carboxylic acids is 2. The number of pyridine rings is 1. The van der Waals surface area contributed by atoms with Crippen LogP contribution in [0, 0.1) is 5.41 Å². The highest BCUT2D eigenvalue weighted by atomic mass is 16.5. The Morgan fingerprint density at radius 3 is 2.28 bits per heavy atom. The molecule has 3 aromatic rings. The summed E-state index contributed by atoms with van der Waals surface area (Å²) in [6.45, 7) is 11.7. The van der Waals surface area contributed by atoms with Crippen molar-refractivity contribution < 1.29 is 29.3 Å². The summed E-state index contributed by atoms with van der Waals surface area (Å²) in [5, 5.41) is 21.0. The van der Waals surface area contributed by atoms with Crippen LogP contribution in [0.15, 0.2) is 30.4 Å². The Hall–Kier alpha value is -3.46. The van der Waals surface area contributed by atoms with Gasteiger partial charge in [0.15, 0.2) is 5.82 Å². The fraction of sp³-hybridized carbons (Fsp3) is 0.576. The molecule has 2 amide bonds. The summed E-state index contributed by atoms with van der Waals surface area (Å²) in [6.07, 6.45) is 4.53. The molecule has 0 spiro atoms. The lowest BCUT2D eigenvalue weighted by atomic mass is 9.92. The van der Waals surface area contributed by atoms with Crippen molar-refractivity contribution >= 4 is 39.6 Å². The third-order valence-corrected chi connectivity index (χ3v) is 8.90. The van der Waals surface area contributed by atoms with E-state index in [1.807, 2.05) is 18.4 Å². The minimum Gasteiger partial charge on any atom is -0.396 e. The van der Waals surface area contributed by atoms with Crippen molar-refractivity contribution in [1.82, 2.24) is 29.2 Å². The van der Waals surface area contributed by atoms with E-state index in [9.17, 15) is 19.8 Å². The molecule has 0 bridgehead atoms. The van der Waals surface area contributed by atoms with Gasteiger partial charge in [0, 0.05) is 68.8 Å². The zero-order chi connectivity index (χ0) is 32.7. The molecular formula is C33H47N7O6. The molecular weight excluding hydrogens is 590 g/mol. The molecule has 2 aromatic heterocycles. The number of aryl methyl sites for hydroxylation is 1. The van der Waals surface area contributed by atoms with E-state index < -0.39 is 5.41 Å². The van der Waals surface area contributed by atoms with E-state index in [-0.39, 0.29) is 31.6 Å². The highest BCUT2D eigenvalue weighted by Gasteiger charge is 2.28. The third kappa shape index (κ3) is 7.91. The van der Waals surface area contributed by atoms with Crippen molar-refractivity contribution in [3.05, 3.63) is 41.7 Å². The highest BCUT2D eigenvalue weighted by molar-refractivity contribution is 6.12. The quantitative estimate of drug-likeness (QED) is 0.144. The van der Waals surface area contributed by atoms with Gasteiger partial charge in [0.1, 0.15) is 17.9 Å². The molecule has 2 aliphatic rings. The molecule has 0 radical (unpaired) electrons. The van der Waals surface area contributed by atoms with Crippen molar-refractivity contribution in [2.24, 2.45) is 5.41 Å². The summed E-state index contributed by atoms with van der Waals surface area (Å²) in [5.74, 6) is 0.494. The summed E-state index contributed by atoms with van der Waals surface area (Å²) in [6, 6.07) is 6.32. The Morgan fingerprint density at radius 1 is 0.935 bits per heavy atom. The predicted molar refractivity (Wildman–Crippen MR) is 175 cm³/mol. The first kappa shape index (κ1) is 33.9. The maximum Gasteiger partial charge on any atom is 0.253 e. The molecule has 0 unspecified atom stereocenters. The average Bonchev–Trinajstić information content (AvgIpc) is 3.58. The van der Waals surface area contributed by atoms with Crippen LogP contribution in [-0.4, -0.2) is 130 Å². The molecule has 1 saturated heterocycles. The maximum absolute atomic E-state index is 11.6. The summed E-state index contributed by atoms with van der Waals surface area (Å²) in [7, 11) is 0. The summed E-state index contributed by atoms with van der Waals surface area (Å²) in [5.41, 5.74) is 9.12. The van der Waals surface area contributed by atoms with Gasteiger partial charge < -0.3 is 34.9 Å². The maximum atomic E-state index is 11.6. The van der Waals surface area contributed by atoms with E-state index in [0.29, 0.717) is 50.1 Å². The fourth-order valence-electron chi connectivity index (χ4n) is 6.01. The van der Waals surface area contributed by atoms with Gasteiger partial charge in [-0.15, -0.1) is 0 Å². The van der Waals surface area contributed by atoms with Crippen LogP contribution < -0.4 is 5.73 Å². The molecule has 13 nitrogen and oxygen atoms in total. The number of imide groups is 1. The highest BCUT2D eigenvalue weighted by Crippen LogP contribution is 2.32. The standard InChI is InChI=1S/C33H47N7O6/c1-3-45-20-27-36-30-31(40(27)21-33(2,22-41)23-42)25-7-6-24(19-26(25)35-32(30)34)5-4-10-37-11-13-38(14-12-37)15-17-46-18-16-39-28(43)8-9-29(39)44/h6-9,19,41-42H,3-5,10-18,20-23H2,1-2H3,(H2,34,35). The van der Waals surface area contributed by atoms with Crippen molar-refractivity contribution in [1.29, 1.82) is 0 Å². The van der Waals surface area contributed by atoms with Crippen LogP contribution in [0.3, 0.4) is 0 Å². The molecule has 0 saturated carbocycles. The van der Waals surface area contributed by atoms with Crippen molar-refractivity contribution in [3.63, 3.8) is 0 Å². The van der Waals surface area contributed by atoms with Gasteiger partial charge in [0.25, 0.3) is 11.8 Å². The van der Waals surface area contributed by atoms with Crippen LogP contribution in [0.5, 0.6) is 0 Å². The van der Waals surface area contributed by atoms with E-state index in [4.69, 9.17) is 25.2 Å². The molecule has 4 N–H and O–H groups in total. The number of nitrogens with two attached hydrogens (primary N) is 1. The largest absolute Gasteiger partial charge is 0.396 e. The number of anilines is 1. The Balaban J connectivity index is 1.13. The number of carbonyl (C=O) groups is 2. The topological polar surface area (TPSA) is 160 Å². The van der Waals surface area contributed by atoms with Crippen LogP contribution in [0.2, 0.25) is 0 Å². The number of amides is 2. The van der Waals surface area contributed by atoms with E-state index >= 15 is 0 Å². The van der Waals surface area contributed by atoms with Crippen molar-refractivity contribution in [3.8, 4) is 0 Å². The lowest BCUT2D eigenvalue weighted by Gasteiger charge is -2.34. The van der Waals surface area contributed by atoms with Crippen LogP contribution >= 0.6 is 0 Å². The smallest absolute Gasteiger partial charge is 0.253 e. The van der Waals surface area contributed by atoms with Gasteiger partial charge in [-0.25, -0.2) is 9.97 Å². The summed E-state index contributed by atoms with van der Waals surface area (Å²) >= 11 is 0. The Kier molecular flexibility index (Phi) is 11.4. The van der Waals surface area contributed by atoms with Crippen LogP contribution in [0.25, 0.3) is 21.9 Å². The number of ether oxygens (including phenoxy) is 2. The third-order valence-electron chi connectivity index (χ3n) is 8.90. The minimum atomic E-state index is -0.741. The number of hydrogen-bond donors (Lipinski definition) is 3. The first-order valence-corrected chi connectivity index (χ1v) is 16.2. The Morgan fingerprint density at radius 2 is 1.61 bits per heavy atom. The number of aliphatic hydroxyl groups is 2. The van der Waals surface area contributed by atoms with E-state index in [0.717, 1.165) is 68.5 Å². The molecule has 1 aromatic carbocycles. The van der Waals surface area contributed by atoms with Gasteiger partial charge in [-0.2, -0.15) is 0 Å². The molecule has 5 rings (SSSR count). The molecule has 1 fully saturated rings. The molecule has 2 aliphatic heterocycles. The van der Waals surface area contributed by atoms with E-state index in [1.165, 1.54) is 22.6 Å². The Labute approximate surface area is 269 Å². The van der Waals surface area contributed by atoms with Crippen molar-refractivity contribution in [2.75, 3.05) is 84.6 Å². The Bertz CT molecular complexity index is 1530. The first-order valence-electron chi connectivity index (χ1n) is 16.2. The van der Waals surface area contributed by atoms with Gasteiger partial charge in [-0.05, 0) is 37.9 Å². The van der Waals surface area contributed by atoms with Gasteiger partial charge >= 0.3 is 0 Å². The van der Waals surface area contributed by atoms with Gasteiger partial charge in [-0.3, -0.25) is 19.4 Å². The summed E-state index contributed by atoms with van der Waals surface area (Å²) < 4.78 is 13.4. The molecule has 46 heavy (non-hydrogen) atoms. The number of rotatable bonds is 17. The minimum absolute atomic E-state index is 0.172. The number of aromatic nitrogens is 3. The molecule has 4 heterocycles. The van der Waals surface area contributed by atoms with Gasteiger partial charge in [0.05, 0.1) is 44.0 Å². The SMILES string of the molecule is CCOCc1nc2c(N)nc3cc(CCCN4CCN(CCOCCN5C(=O)C=CC5=O)CC4)ccc3c2n1CC(C)(CO)CO. The lowest BCUT2D eigenvalue weighted by molar-refractivity contribution is -0.137. The summed E-state index contributed by atoms with van der Waals surface area (Å²) in [4.78, 5) is 38.8. The number of fused-ring (bicyclic) bond motifs is 3. The number of aliphatic hydroxyl groups excluding tert-OH is 2. The van der Waals surface area contributed by atoms with E-state index in [1.54, 1.807) is 0 Å². The zero-order valence-corrected chi connectivity index (χ0v) is 27.0. The van der Waals surface area contributed by atoms with Crippen LogP contribution in [0.4, 0.5) is 5.82 Å². The second-order valence-electron chi connectivity index (χ2n) is 12.5. The number of benzene rings is 1. The fourth-order valence-corrected chi connectivity index (χ4v) is 6.01. The zero-order valence-electron chi connectivity index (χ0n) is 27.0. The normalized spacial score (nSPS) is 16.6. The van der Waals surface area contributed by atoms with Gasteiger partial charge in [0.2, 0.25) is 0 Å². The lowest BCUT2D eigenvalue weighted by Crippen LogP contribution is -2.47. The van der Waals surface area contributed by atoms with Gasteiger partial charge in [-0.1, -0.05) is 19.1 Å². The predicted octanol–water partition coefficient (Wildman–Crippen LogP) is 1.19. The monoisotopic (exact) mass is 637 g/mol. The first-order chi connectivity index (χ1) is 22.2. The van der Waals surface area contributed by atoms with Crippen LogP contribution in [-0.2, 0) is 38.6 Å². The van der Waals surface area contributed by atoms with Crippen LogP contribution in [0.1, 0.15) is 31.7 Å². The molecule has 0 atom stereocenters. The second kappa shape index (κ2) is 15.4. The second-order valence-corrected chi connectivity index (χ2v) is 12.5. The molecule has 0 aliphatic carbocycles. The van der Waals surface area contributed by atoms with Crippen molar-refractivity contribution in [2.45, 2.75) is 39.8 Å². The number of piperazine rings is 1. The molecule has 13 heteroatoms. The number of imidazole rings is 1. The number of nitrogen functional groups attached to an aromatic ring is 1.